The maximum Gasteiger partial charge on any atom is 0.178 e. The lowest BCUT2D eigenvalue weighted by Gasteiger charge is -2.27. The van der Waals surface area contributed by atoms with E-state index in [1.54, 1.807) is 6.07 Å². The van der Waals surface area contributed by atoms with Crippen molar-refractivity contribution in [1.29, 1.82) is 0 Å². The number of benzene rings is 2. The molecule has 4 rings (SSSR count). The molecule has 5 heteroatoms. The Morgan fingerprint density at radius 1 is 1.24 bits per heavy atom. The maximum absolute atomic E-state index is 13.6. The number of nitrogens with one attached hydrogen (secondary N) is 1. The third kappa shape index (κ3) is 1.96. The highest BCUT2D eigenvalue weighted by Crippen LogP contribution is 2.36. The van der Waals surface area contributed by atoms with E-state index in [1.165, 1.54) is 12.1 Å². The van der Waals surface area contributed by atoms with Gasteiger partial charge in [0.15, 0.2) is 4.77 Å². The summed E-state index contributed by atoms with van der Waals surface area (Å²) in [5, 5.41) is 0. The smallest absolute Gasteiger partial charge is 0.178 e. The fraction of sp³-hybridized carbons (Fsp3) is 0.188. The molecule has 21 heavy (non-hydrogen) atoms. The van der Waals surface area contributed by atoms with Crippen molar-refractivity contribution in [3.8, 4) is 5.75 Å². The van der Waals surface area contributed by atoms with E-state index in [2.05, 4.69) is 4.98 Å². The number of aromatic amines is 1. The first kappa shape index (κ1) is 12.6. The van der Waals surface area contributed by atoms with Crippen molar-refractivity contribution in [2.75, 3.05) is 6.61 Å². The molecule has 1 atom stereocenters. The SMILES string of the molecule is Fc1ccc2[nH]c(=S)n(C3CCOc4ccccc43)c2c1. The molecule has 1 aliphatic rings. The second-order valence-corrected chi connectivity index (χ2v) is 5.54. The largest absolute Gasteiger partial charge is 0.493 e. The summed E-state index contributed by atoms with van der Waals surface area (Å²) >= 11 is 5.45. The molecule has 0 bridgehead atoms. The zero-order chi connectivity index (χ0) is 14.4. The van der Waals surface area contributed by atoms with Crippen molar-refractivity contribution >= 4 is 23.3 Å². The Labute approximate surface area is 126 Å². The number of rotatable bonds is 1. The molecule has 1 aliphatic heterocycles. The highest BCUT2D eigenvalue weighted by atomic mass is 32.1. The normalized spacial score (nSPS) is 17.5. The lowest BCUT2D eigenvalue weighted by Crippen LogP contribution is -2.20. The minimum absolute atomic E-state index is 0.0676. The van der Waals surface area contributed by atoms with Crippen molar-refractivity contribution in [3.05, 3.63) is 58.6 Å². The van der Waals surface area contributed by atoms with Gasteiger partial charge in [-0.25, -0.2) is 4.39 Å². The molecule has 2 heterocycles. The van der Waals surface area contributed by atoms with E-state index in [-0.39, 0.29) is 11.9 Å². The van der Waals surface area contributed by atoms with E-state index >= 15 is 0 Å². The average Bonchev–Trinajstić information content (AvgIpc) is 2.82. The average molecular weight is 300 g/mol. The zero-order valence-corrected chi connectivity index (χ0v) is 12.0. The molecule has 0 radical (unpaired) electrons. The Morgan fingerprint density at radius 2 is 2.10 bits per heavy atom. The quantitative estimate of drug-likeness (QED) is 0.682. The van der Waals surface area contributed by atoms with Crippen molar-refractivity contribution < 1.29 is 9.13 Å². The first-order valence-corrected chi connectivity index (χ1v) is 7.26. The van der Waals surface area contributed by atoms with Crippen LogP contribution in [0.4, 0.5) is 4.39 Å². The van der Waals surface area contributed by atoms with Crippen LogP contribution in [0, 0.1) is 10.6 Å². The summed E-state index contributed by atoms with van der Waals surface area (Å²) in [6.45, 7) is 0.630. The van der Waals surface area contributed by atoms with Crippen LogP contribution in [0.1, 0.15) is 18.0 Å². The summed E-state index contributed by atoms with van der Waals surface area (Å²) in [4.78, 5) is 3.15. The van der Waals surface area contributed by atoms with Crippen molar-refractivity contribution in [1.82, 2.24) is 9.55 Å². The van der Waals surface area contributed by atoms with E-state index < -0.39 is 0 Å². The number of aromatic nitrogens is 2. The lowest BCUT2D eigenvalue weighted by atomic mass is 10.0. The van der Waals surface area contributed by atoms with Gasteiger partial charge in [-0.15, -0.1) is 0 Å². The Morgan fingerprint density at radius 3 is 3.00 bits per heavy atom. The summed E-state index contributed by atoms with van der Waals surface area (Å²) in [6, 6.07) is 12.7. The molecule has 1 unspecified atom stereocenters. The molecular weight excluding hydrogens is 287 g/mol. The molecule has 0 amide bonds. The van der Waals surface area contributed by atoms with Gasteiger partial charge in [-0.3, -0.25) is 0 Å². The third-order valence-electron chi connectivity index (χ3n) is 3.92. The first-order valence-electron chi connectivity index (χ1n) is 6.85. The first-order chi connectivity index (χ1) is 10.2. The molecule has 0 aliphatic carbocycles. The number of hydrogen-bond donors (Lipinski definition) is 1. The van der Waals surface area contributed by atoms with E-state index in [0.29, 0.717) is 11.4 Å². The van der Waals surface area contributed by atoms with Gasteiger partial charge >= 0.3 is 0 Å². The Kier molecular flexibility index (Phi) is 2.82. The van der Waals surface area contributed by atoms with Crippen LogP contribution in [0.15, 0.2) is 42.5 Å². The third-order valence-corrected chi connectivity index (χ3v) is 4.22. The molecule has 106 valence electrons. The molecule has 3 nitrogen and oxygen atoms in total. The molecule has 0 spiro atoms. The zero-order valence-electron chi connectivity index (χ0n) is 11.2. The standard InChI is InChI=1S/C16H13FN2OS/c17-10-5-6-12-14(9-10)19(16(21)18-12)13-7-8-20-15-4-2-1-3-11(13)15/h1-6,9,13H,7-8H2,(H,18,21). The Balaban J connectivity index is 1.98. The fourth-order valence-corrected chi connectivity index (χ4v) is 3.33. The number of para-hydroxylation sites is 1. The number of halogens is 1. The molecule has 1 N–H and O–H groups in total. The molecule has 1 aromatic heterocycles. The summed E-state index contributed by atoms with van der Waals surface area (Å²) in [7, 11) is 0. The number of H-pyrrole nitrogens is 1. The summed E-state index contributed by atoms with van der Waals surface area (Å²) in [6.07, 6.45) is 0.814. The van der Waals surface area contributed by atoms with Gasteiger partial charge in [-0.1, -0.05) is 18.2 Å². The second-order valence-electron chi connectivity index (χ2n) is 5.15. The van der Waals surface area contributed by atoms with Crippen LogP contribution in [-0.4, -0.2) is 16.2 Å². The molecule has 0 fully saturated rings. The van der Waals surface area contributed by atoms with Crippen molar-refractivity contribution in [3.63, 3.8) is 0 Å². The number of nitrogens with zero attached hydrogens (tertiary/aromatic N) is 1. The summed E-state index contributed by atoms with van der Waals surface area (Å²) < 4.78 is 21.9. The van der Waals surface area contributed by atoms with Gasteiger partial charge in [0, 0.05) is 12.0 Å². The monoisotopic (exact) mass is 300 g/mol. The number of fused-ring (bicyclic) bond motifs is 2. The predicted molar refractivity (Wildman–Crippen MR) is 81.8 cm³/mol. The maximum atomic E-state index is 13.6. The van der Waals surface area contributed by atoms with Crippen LogP contribution in [0.2, 0.25) is 0 Å². The van der Waals surface area contributed by atoms with Gasteiger partial charge in [0.2, 0.25) is 0 Å². The van der Waals surface area contributed by atoms with Gasteiger partial charge in [-0.05, 0) is 36.5 Å². The lowest BCUT2D eigenvalue weighted by molar-refractivity contribution is 0.257. The van der Waals surface area contributed by atoms with E-state index in [0.717, 1.165) is 28.8 Å². The predicted octanol–water partition coefficient (Wildman–Crippen LogP) is 4.21. The minimum atomic E-state index is -0.259. The van der Waals surface area contributed by atoms with Gasteiger partial charge in [0.25, 0.3) is 0 Å². The number of imidazole rings is 1. The van der Waals surface area contributed by atoms with Gasteiger partial charge < -0.3 is 14.3 Å². The fourth-order valence-electron chi connectivity index (χ4n) is 3.00. The molecular formula is C16H13FN2OS. The van der Waals surface area contributed by atoms with Gasteiger partial charge in [0.1, 0.15) is 11.6 Å². The van der Waals surface area contributed by atoms with E-state index in [1.807, 2.05) is 28.8 Å². The van der Waals surface area contributed by atoms with Gasteiger partial charge in [0.05, 0.1) is 23.7 Å². The van der Waals surface area contributed by atoms with Crippen LogP contribution < -0.4 is 4.74 Å². The molecule has 3 aromatic rings. The van der Waals surface area contributed by atoms with E-state index in [9.17, 15) is 4.39 Å². The topological polar surface area (TPSA) is 29.9 Å². The van der Waals surface area contributed by atoms with Gasteiger partial charge in [-0.2, -0.15) is 0 Å². The number of hydrogen-bond acceptors (Lipinski definition) is 2. The summed E-state index contributed by atoms with van der Waals surface area (Å²) in [5.74, 6) is 0.618. The van der Waals surface area contributed by atoms with E-state index in [4.69, 9.17) is 17.0 Å². The van der Waals surface area contributed by atoms with Crippen molar-refractivity contribution in [2.24, 2.45) is 0 Å². The highest BCUT2D eigenvalue weighted by molar-refractivity contribution is 7.71. The Bertz CT molecular complexity index is 883. The van der Waals surface area contributed by atoms with Crippen LogP contribution in [0.25, 0.3) is 11.0 Å². The van der Waals surface area contributed by atoms with Crippen molar-refractivity contribution in [2.45, 2.75) is 12.5 Å². The summed E-state index contributed by atoms with van der Waals surface area (Å²) in [5.41, 5.74) is 2.73. The highest BCUT2D eigenvalue weighted by Gasteiger charge is 2.24. The minimum Gasteiger partial charge on any atom is -0.493 e. The molecule has 0 saturated heterocycles. The molecule has 2 aromatic carbocycles. The second kappa shape index (κ2) is 4.70. The Hall–Kier alpha value is -2.14. The van der Waals surface area contributed by atoms with Crippen LogP contribution in [-0.2, 0) is 0 Å². The number of ether oxygens (including phenoxy) is 1. The van der Waals surface area contributed by atoms with Crippen LogP contribution in [0.3, 0.4) is 0 Å². The van der Waals surface area contributed by atoms with Crippen LogP contribution >= 0.6 is 12.2 Å². The van der Waals surface area contributed by atoms with Crippen LogP contribution in [0.5, 0.6) is 5.75 Å². The molecule has 0 saturated carbocycles.